The molecule has 4 nitrogen and oxygen atoms in total. The van der Waals surface area contributed by atoms with E-state index in [4.69, 9.17) is 11.6 Å². The molecule has 0 radical (unpaired) electrons. The Morgan fingerprint density at radius 1 is 1.23 bits per heavy atom. The second kappa shape index (κ2) is 6.54. The lowest BCUT2D eigenvalue weighted by atomic mass is 9.70. The lowest BCUT2D eigenvalue weighted by Crippen LogP contribution is -2.32. The lowest BCUT2D eigenvalue weighted by molar-refractivity contribution is -0.143. The van der Waals surface area contributed by atoms with E-state index in [9.17, 15) is 22.8 Å². The molecular weight excluding hydrogens is 417 g/mol. The summed E-state index contributed by atoms with van der Waals surface area (Å²) in [7, 11) is 0. The van der Waals surface area contributed by atoms with Crippen molar-refractivity contribution in [1.29, 1.82) is 0 Å². The second-order valence-electron chi connectivity index (χ2n) is 8.73. The van der Waals surface area contributed by atoms with Crippen LogP contribution < -0.4 is 0 Å². The zero-order valence-corrected chi connectivity index (χ0v) is 17.4. The first-order valence-corrected chi connectivity index (χ1v) is 9.97. The Balaban J connectivity index is 1.79. The molecule has 0 saturated heterocycles. The van der Waals surface area contributed by atoms with Gasteiger partial charge in [-0.15, -0.1) is 0 Å². The summed E-state index contributed by atoms with van der Waals surface area (Å²) in [6.07, 6.45) is -1.36. The van der Waals surface area contributed by atoms with Crippen molar-refractivity contribution >= 4 is 23.2 Å². The number of hydrogen-bond donors (Lipinski definition) is 0. The van der Waals surface area contributed by atoms with Crippen LogP contribution in [0.3, 0.4) is 0 Å². The monoisotopic (exact) mass is 436 g/mol. The molecule has 8 heteroatoms. The van der Waals surface area contributed by atoms with Gasteiger partial charge >= 0.3 is 6.18 Å². The van der Waals surface area contributed by atoms with Crippen molar-refractivity contribution in [2.45, 2.75) is 39.8 Å². The predicted molar refractivity (Wildman–Crippen MR) is 106 cm³/mol. The van der Waals surface area contributed by atoms with Gasteiger partial charge in [0.05, 0.1) is 17.4 Å². The van der Waals surface area contributed by atoms with Crippen molar-refractivity contribution in [3.63, 3.8) is 0 Å². The van der Waals surface area contributed by atoms with Gasteiger partial charge in [-0.3, -0.25) is 9.59 Å². The van der Waals surface area contributed by atoms with Crippen LogP contribution in [0.2, 0.25) is 5.02 Å². The van der Waals surface area contributed by atoms with Gasteiger partial charge in [-0.2, -0.15) is 18.3 Å². The van der Waals surface area contributed by atoms with Crippen LogP contribution in [0.4, 0.5) is 13.2 Å². The number of carbonyl (C=O) groups excluding carboxylic acids is 2. The van der Waals surface area contributed by atoms with Gasteiger partial charge in [0.15, 0.2) is 17.3 Å². The summed E-state index contributed by atoms with van der Waals surface area (Å²) >= 11 is 5.81. The maximum absolute atomic E-state index is 13.9. The number of alkyl halides is 3. The zero-order chi connectivity index (χ0) is 22.1. The molecule has 2 aliphatic rings. The van der Waals surface area contributed by atoms with Crippen LogP contribution in [0, 0.1) is 16.7 Å². The smallest absolute Gasteiger partial charge is 0.294 e. The lowest BCUT2D eigenvalue weighted by Gasteiger charge is -2.31. The van der Waals surface area contributed by atoms with E-state index >= 15 is 0 Å². The Bertz CT molecular complexity index is 1080. The normalized spacial score (nSPS) is 26.6. The Labute approximate surface area is 176 Å². The molecule has 1 aromatic heterocycles. The third kappa shape index (κ3) is 2.86. The van der Waals surface area contributed by atoms with Gasteiger partial charge in [-0.05, 0) is 54.5 Å². The Kier molecular flexibility index (Phi) is 4.55. The first-order valence-electron chi connectivity index (χ1n) is 9.60. The molecule has 2 aliphatic carbocycles. The van der Waals surface area contributed by atoms with Crippen molar-refractivity contribution in [1.82, 2.24) is 9.78 Å². The summed E-state index contributed by atoms with van der Waals surface area (Å²) in [5.74, 6) is -1.15. The second-order valence-corrected chi connectivity index (χ2v) is 9.17. The summed E-state index contributed by atoms with van der Waals surface area (Å²) in [5.41, 5.74) is -2.23. The van der Waals surface area contributed by atoms with Crippen molar-refractivity contribution in [2.75, 3.05) is 0 Å². The van der Waals surface area contributed by atoms with Gasteiger partial charge in [0.2, 0.25) is 0 Å². The summed E-state index contributed by atoms with van der Waals surface area (Å²) in [4.78, 5) is 25.8. The van der Waals surface area contributed by atoms with E-state index in [0.717, 1.165) is 25.1 Å². The maximum atomic E-state index is 13.9. The van der Waals surface area contributed by atoms with Crippen LogP contribution in [0.5, 0.6) is 0 Å². The highest BCUT2D eigenvalue weighted by Crippen LogP contribution is 2.65. The number of halogens is 4. The van der Waals surface area contributed by atoms with E-state index in [1.54, 1.807) is 0 Å². The minimum absolute atomic E-state index is 0.128. The van der Waals surface area contributed by atoms with E-state index < -0.39 is 28.6 Å². The first-order chi connectivity index (χ1) is 13.9. The molecule has 4 rings (SSSR count). The molecule has 2 fully saturated rings. The molecule has 0 spiro atoms. The Morgan fingerprint density at radius 3 is 2.40 bits per heavy atom. The molecule has 2 saturated carbocycles. The van der Waals surface area contributed by atoms with E-state index in [-0.39, 0.29) is 22.8 Å². The summed E-state index contributed by atoms with van der Waals surface area (Å²) in [6.45, 7) is 5.83. The Morgan fingerprint density at radius 2 is 1.87 bits per heavy atom. The number of rotatable bonds is 3. The number of hydrogen-bond acceptors (Lipinski definition) is 3. The topological polar surface area (TPSA) is 52.0 Å². The number of carbonyl (C=O) groups is 2. The van der Waals surface area contributed by atoms with Gasteiger partial charge in [-0.25, -0.2) is 4.68 Å². The van der Waals surface area contributed by atoms with Gasteiger partial charge in [0, 0.05) is 16.0 Å². The molecule has 0 aliphatic heterocycles. The first kappa shape index (κ1) is 20.8. The number of allylic oxidation sites excluding steroid dienone is 2. The van der Waals surface area contributed by atoms with E-state index in [1.807, 2.05) is 20.8 Å². The average molecular weight is 437 g/mol. The van der Waals surface area contributed by atoms with Gasteiger partial charge < -0.3 is 0 Å². The largest absolute Gasteiger partial charge is 0.434 e. The van der Waals surface area contributed by atoms with Crippen LogP contribution in [0.15, 0.2) is 42.1 Å². The number of benzene rings is 1. The predicted octanol–water partition coefficient (Wildman–Crippen LogP) is 5.68. The molecule has 2 atom stereocenters. The fourth-order valence-corrected chi connectivity index (χ4v) is 5.02. The fourth-order valence-electron chi connectivity index (χ4n) is 4.89. The molecule has 158 valence electrons. The minimum Gasteiger partial charge on any atom is -0.294 e. The molecule has 0 amide bonds. The summed E-state index contributed by atoms with van der Waals surface area (Å²) in [5, 5.41) is 4.17. The van der Waals surface area contributed by atoms with E-state index in [1.165, 1.54) is 24.3 Å². The van der Waals surface area contributed by atoms with E-state index in [0.29, 0.717) is 15.3 Å². The Hall–Kier alpha value is -2.41. The van der Waals surface area contributed by atoms with Gasteiger partial charge in [-0.1, -0.05) is 32.4 Å². The van der Waals surface area contributed by atoms with Crippen LogP contribution in [-0.4, -0.2) is 21.3 Å². The molecule has 0 unspecified atom stereocenters. The van der Waals surface area contributed by atoms with Crippen molar-refractivity contribution < 1.29 is 22.8 Å². The molecule has 2 aromatic rings. The zero-order valence-electron chi connectivity index (χ0n) is 16.7. The number of aromatic nitrogens is 2. The standard InChI is InChI=1S/C22H20ClF3N2O2/c1-20(2)16-8-9-21(20,3)19(30)14(16)10-17(29)15-11-27-28(18(15)22(24,25)26)13-6-4-12(23)5-7-13/h4-7,10-11,16H,8-9H2,1-3H3/b14-10+/t16-,21+/m0/s1. The van der Waals surface area contributed by atoms with Crippen LogP contribution in [-0.2, 0) is 11.0 Å². The molecule has 1 aromatic carbocycles. The average Bonchev–Trinajstić information content (AvgIpc) is 3.24. The molecule has 1 heterocycles. The third-order valence-electron chi connectivity index (χ3n) is 7.03. The van der Waals surface area contributed by atoms with Crippen molar-refractivity contribution in [3.05, 3.63) is 58.4 Å². The number of fused-ring (bicyclic) bond motifs is 2. The van der Waals surface area contributed by atoms with Gasteiger partial charge in [0.1, 0.15) is 0 Å². The van der Waals surface area contributed by atoms with Crippen LogP contribution in [0.25, 0.3) is 5.69 Å². The number of ketones is 2. The summed E-state index contributed by atoms with van der Waals surface area (Å²) in [6, 6.07) is 5.66. The SMILES string of the molecule is CC1(C)[C@H]2CC[C@]1(C)C(=O)/C2=C/C(=O)c1cnn(-c2ccc(Cl)cc2)c1C(F)(F)F. The van der Waals surface area contributed by atoms with E-state index in [2.05, 4.69) is 5.10 Å². The maximum Gasteiger partial charge on any atom is 0.434 e. The quantitative estimate of drug-likeness (QED) is 0.459. The van der Waals surface area contributed by atoms with Gasteiger partial charge in [0.25, 0.3) is 0 Å². The van der Waals surface area contributed by atoms with Crippen LogP contribution >= 0.6 is 11.6 Å². The van der Waals surface area contributed by atoms with Crippen LogP contribution in [0.1, 0.15) is 49.7 Å². The molecule has 0 N–H and O–H groups in total. The molecule has 2 bridgehead atoms. The summed E-state index contributed by atoms with van der Waals surface area (Å²) < 4.78 is 42.3. The highest BCUT2D eigenvalue weighted by molar-refractivity contribution is 6.30. The highest BCUT2D eigenvalue weighted by Gasteiger charge is 2.64. The highest BCUT2D eigenvalue weighted by atomic mass is 35.5. The van der Waals surface area contributed by atoms with Crippen molar-refractivity contribution in [3.8, 4) is 5.69 Å². The molecular formula is C22H20ClF3N2O2. The third-order valence-corrected chi connectivity index (χ3v) is 7.28. The number of nitrogens with zero attached hydrogens (tertiary/aromatic N) is 2. The minimum atomic E-state index is -4.82. The number of Topliss-reactive ketones (excluding diaryl/α,β-unsaturated/α-hetero) is 1. The van der Waals surface area contributed by atoms with Crippen molar-refractivity contribution in [2.24, 2.45) is 16.7 Å². The fraction of sp³-hybridized carbons (Fsp3) is 0.409. The molecule has 30 heavy (non-hydrogen) atoms.